The van der Waals surface area contributed by atoms with Gasteiger partial charge in [0.2, 0.25) is 10.0 Å². The van der Waals surface area contributed by atoms with E-state index < -0.39 is 27.3 Å². The van der Waals surface area contributed by atoms with Crippen LogP contribution in [0.1, 0.15) is 45.4 Å². The van der Waals surface area contributed by atoms with Crippen molar-refractivity contribution in [3.63, 3.8) is 0 Å². The molecule has 4 atom stereocenters. The molecule has 1 heterocycles. The molecule has 6 nitrogen and oxygen atoms in total. The number of rotatable bonds is 4. The lowest BCUT2D eigenvalue weighted by atomic mass is 9.85. The van der Waals surface area contributed by atoms with Crippen molar-refractivity contribution in [1.29, 1.82) is 5.26 Å². The third-order valence-electron chi connectivity index (χ3n) is 4.48. The van der Waals surface area contributed by atoms with Gasteiger partial charge in [-0.3, -0.25) is 4.79 Å². The van der Waals surface area contributed by atoms with E-state index in [4.69, 9.17) is 5.26 Å². The molecule has 0 radical (unpaired) electrons. The fourth-order valence-corrected chi connectivity index (χ4v) is 5.55. The highest BCUT2D eigenvalue weighted by molar-refractivity contribution is 7.90. The summed E-state index contributed by atoms with van der Waals surface area (Å²) in [6.07, 6.45) is 4.08. The van der Waals surface area contributed by atoms with Gasteiger partial charge in [0.05, 0.1) is 6.07 Å². The molecule has 2 fully saturated rings. The summed E-state index contributed by atoms with van der Waals surface area (Å²) in [7, 11) is -3.87. The normalized spacial score (nSPS) is 32.3. The largest absolute Gasteiger partial charge is 0.480 e. The molecule has 1 saturated carbocycles. The van der Waals surface area contributed by atoms with Crippen molar-refractivity contribution >= 4 is 16.0 Å². The molecule has 2 aliphatic rings. The van der Waals surface area contributed by atoms with Crippen LogP contribution < -0.4 is 0 Å². The smallest absolute Gasteiger partial charge is 0.322 e. The molecule has 0 amide bonds. The van der Waals surface area contributed by atoms with Crippen molar-refractivity contribution in [3.05, 3.63) is 0 Å². The van der Waals surface area contributed by atoms with Gasteiger partial charge in [0.1, 0.15) is 6.04 Å². The predicted molar refractivity (Wildman–Crippen MR) is 72.2 cm³/mol. The first-order chi connectivity index (χ1) is 9.43. The maximum absolute atomic E-state index is 12.6. The Bertz CT molecular complexity index is 525. The van der Waals surface area contributed by atoms with Crippen LogP contribution in [-0.4, -0.2) is 41.1 Å². The van der Waals surface area contributed by atoms with Crippen molar-refractivity contribution < 1.29 is 18.3 Å². The number of nitriles is 1. The Morgan fingerprint density at radius 1 is 1.45 bits per heavy atom. The maximum atomic E-state index is 12.6. The summed E-state index contributed by atoms with van der Waals surface area (Å²) in [5.41, 5.74) is 0. The van der Waals surface area contributed by atoms with Crippen LogP contribution in [0.2, 0.25) is 0 Å². The van der Waals surface area contributed by atoms with Crippen molar-refractivity contribution in [3.8, 4) is 6.07 Å². The average molecular weight is 300 g/mol. The predicted octanol–water partition coefficient (Wildman–Crippen LogP) is 1.34. The number of hydrogen-bond acceptors (Lipinski definition) is 4. The van der Waals surface area contributed by atoms with Crippen molar-refractivity contribution in [2.75, 3.05) is 0 Å². The molecule has 1 N–H and O–H groups in total. The number of sulfonamides is 1. The monoisotopic (exact) mass is 300 g/mol. The molecule has 4 unspecified atom stereocenters. The van der Waals surface area contributed by atoms with Gasteiger partial charge in [-0.15, -0.1) is 0 Å². The highest BCUT2D eigenvalue weighted by Crippen LogP contribution is 2.42. The number of aliphatic carboxylic acids is 1. The van der Waals surface area contributed by atoms with Gasteiger partial charge in [0.25, 0.3) is 0 Å². The van der Waals surface area contributed by atoms with Crippen LogP contribution in [0.4, 0.5) is 0 Å². The first-order valence-electron chi connectivity index (χ1n) is 7.08. The van der Waals surface area contributed by atoms with Crippen molar-refractivity contribution in [2.24, 2.45) is 5.92 Å². The minimum atomic E-state index is -3.87. The molecule has 2 rings (SSSR count). The SMILES string of the molecule is CCC(C#N)S(=O)(=O)N1C(C(=O)O)CC2CCCCC21. The quantitative estimate of drug-likeness (QED) is 0.844. The summed E-state index contributed by atoms with van der Waals surface area (Å²) in [6, 6.07) is 0.559. The second-order valence-electron chi connectivity index (χ2n) is 5.60. The van der Waals surface area contributed by atoms with Crippen LogP contribution in [0.25, 0.3) is 0 Å². The summed E-state index contributed by atoms with van der Waals surface area (Å²) in [4.78, 5) is 11.4. The Labute approximate surface area is 119 Å². The van der Waals surface area contributed by atoms with Gasteiger partial charge in [-0.2, -0.15) is 9.57 Å². The second-order valence-corrected chi connectivity index (χ2v) is 7.62. The number of fused-ring (bicyclic) bond motifs is 1. The van der Waals surface area contributed by atoms with Crippen LogP contribution in [0, 0.1) is 17.2 Å². The Balaban J connectivity index is 2.39. The van der Waals surface area contributed by atoms with E-state index >= 15 is 0 Å². The average Bonchev–Trinajstić information content (AvgIpc) is 2.79. The minimum absolute atomic E-state index is 0.121. The molecule has 0 bridgehead atoms. The zero-order valence-electron chi connectivity index (χ0n) is 11.5. The van der Waals surface area contributed by atoms with Crippen LogP contribution >= 0.6 is 0 Å². The van der Waals surface area contributed by atoms with Gasteiger partial charge < -0.3 is 5.11 Å². The first kappa shape index (κ1) is 15.3. The molecule has 0 spiro atoms. The molecule has 1 aliphatic carbocycles. The van der Waals surface area contributed by atoms with E-state index in [9.17, 15) is 18.3 Å². The fourth-order valence-electron chi connectivity index (χ4n) is 3.51. The lowest BCUT2D eigenvalue weighted by molar-refractivity contribution is -0.141. The van der Waals surface area contributed by atoms with Gasteiger partial charge in [-0.05, 0) is 31.6 Å². The summed E-state index contributed by atoms with van der Waals surface area (Å²) in [5.74, 6) is -0.980. The minimum Gasteiger partial charge on any atom is -0.480 e. The maximum Gasteiger partial charge on any atom is 0.322 e. The Hall–Kier alpha value is -1.13. The molecule has 20 heavy (non-hydrogen) atoms. The number of carbonyl (C=O) groups is 1. The van der Waals surface area contributed by atoms with Gasteiger partial charge in [0.15, 0.2) is 5.25 Å². The number of carboxylic acid groups (broad SMARTS) is 1. The highest BCUT2D eigenvalue weighted by atomic mass is 32.2. The summed E-state index contributed by atoms with van der Waals surface area (Å²) < 4.78 is 26.4. The van der Waals surface area contributed by atoms with E-state index in [-0.39, 0.29) is 18.4 Å². The zero-order chi connectivity index (χ0) is 14.9. The van der Waals surface area contributed by atoms with E-state index in [2.05, 4.69) is 0 Å². The van der Waals surface area contributed by atoms with Crippen LogP contribution in [0.5, 0.6) is 0 Å². The molecule has 7 heteroatoms. The van der Waals surface area contributed by atoms with E-state index in [1.165, 1.54) is 0 Å². The van der Waals surface area contributed by atoms with Gasteiger partial charge in [0, 0.05) is 6.04 Å². The van der Waals surface area contributed by atoms with Gasteiger partial charge in [-0.1, -0.05) is 19.8 Å². The first-order valence-corrected chi connectivity index (χ1v) is 8.58. The summed E-state index contributed by atoms with van der Waals surface area (Å²) in [6.45, 7) is 1.63. The van der Waals surface area contributed by atoms with E-state index in [1.54, 1.807) is 13.0 Å². The molecule has 1 aliphatic heterocycles. The summed E-state index contributed by atoms with van der Waals surface area (Å²) >= 11 is 0. The van der Waals surface area contributed by atoms with Crippen molar-refractivity contribution in [1.82, 2.24) is 4.31 Å². The van der Waals surface area contributed by atoms with E-state index in [0.717, 1.165) is 23.6 Å². The Morgan fingerprint density at radius 3 is 2.65 bits per heavy atom. The summed E-state index contributed by atoms with van der Waals surface area (Å²) in [5, 5.41) is 17.2. The Morgan fingerprint density at radius 2 is 2.10 bits per heavy atom. The number of hydrogen-bond donors (Lipinski definition) is 1. The lowest BCUT2D eigenvalue weighted by Gasteiger charge is -2.33. The number of nitrogens with zero attached hydrogens (tertiary/aromatic N) is 2. The number of carboxylic acids is 1. The molecule has 112 valence electrons. The topological polar surface area (TPSA) is 98.5 Å². The van der Waals surface area contributed by atoms with Crippen LogP contribution in [0.3, 0.4) is 0 Å². The molecule has 0 aromatic carbocycles. The molecule has 0 aromatic heterocycles. The standard InChI is InChI=1S/C13H20N2O4S/c1-2-10(8-14)20(18,19)15-11-6-4-3-5-9(11)7-12(15)13(16)17/h9-12H,2-7H2,1H3,(H,16,17). The molecular formula is C13H20N2O4S. The molecule has 0 aromatic rings. The van der Waals surface area contributed by atoms with Gasteiger partial charge >= 0.3 is 5.97 Å². The second kappa shape index (κ2) is 5.70. The zero-order valence-corrected chi connectivity index (χ0v) is 12.3. The third kappa shape index (κ3) is 2.42. The van der Waals surface area contributed by atoms with Crippen LogP contribution in [-0.2, 0) is 14.8 Å². The van der Waals surface area contributed by atoms with E-state index in [0.29, 0.717) is 12.8 Å². The Kier molecular flexibility index (Phi) is 4.35. The molecular weight excluding hydrogens is 280 g/mol. The third-order valence-corrected chi connectivity index (χ3v) is 6.75. The molecule has 1 saturated heterocycles. The van der Waals surface area contributed by atoms with E-state index in [1.807, 2.05) is 0 Å². The lowest BCUT2D eigenvalue weighted by Crippen LogP contribution is -2.49. The fraction of sp³-hybridized carbons (Fsp3) is 0.846. The highest BCUT2D eigenvalue weighted by Gasteiger charge is 2.52. The van der Waals surface area contributed by atoms with Crippen LogP contribution in [0.15, 0.2) is 0 Å². The van der Waals surface area contributed by atoms with Gasteiger partial charge in [-0.25, -0.2) is 8.42 Å². The van der Waals surface area contributed by atoms with Crippen molar-refractivity contribution in [2.45, 2.75) is 62.8 Å².